The van der Waals surface area contributed by atoms with Gasteiger partial charge in [0, 0.05) is 24.0 Å². The third-order valence-corrected chi connectivity index (χ3v) is 3.33. The topological polar surface area (TPSA) is 34.1 Å². The van der Waals surface area contributed by atoms with Gasteiger partial charge in [-0.15, -0.1) is 0 Å². The highest BCUT2D eigenvalue weighted by atomic mass is 16.5. The van der Waals surface area contributed by atoms with E-state index in [0.29, 0.717) is 0 Å². The highest BCUT2D eigenvalue weighted by molar-refractivity contribution is 5.70. The number of benzene rings is 1. The summed E-state index contributed by atoms with van der Waals surface area (Å²) in [6.45, 7) is 3.88. The average Bonchev–Trinajstić information content (AvgIpc) is 2.92. The molecule has 3 heteroatoms. The van der Waals surface area contributed by atoms with Crippen molar-refractivity contribution in [1.82, 2.24) is 4.98 Å². The summed E-state index contributed by atoms with van der Waals surface area (Å²) in [6, 6.07) is 8.59. The maximum atomic E-state index is 5.64. The van der Waals surface area contributed by atoms with Gasteiger partial charge in [-0.05, 0) is 42.2 Å². The third kappa shape index (κ3) is 2.55. The van der Waals surface area contributed by atoms with Gasteiger partial charge in [-0.1, -0.05) is 13.0 Å². The largest absolute Gasteiger partial charge is 0.492 e. The molecule has 0 fully saturated rings. The molecule has 0 atom stereocenters. The molecule has 1 aromatic carbocycles. The molecule has 0 amide bonds. The van der Waals surface area contributed by atoms with Gasteiger partial charge >= 0.3 is 0 Å². The Balaban J connectivity index is 1.89. The van der Waals surface area contributed by atoms with Crippen LogP contribution in [0.5, 0.6) is 5.75 Å². The van der Waals surface area contributed by atoms with Crippen LogP contribution < -0.4 is 10.1 Å². The first-order valence-corrected chi connectivity index (χ1v) is 6.82. The number of nitrogens with zero attached hydrogens (tertiary/aromatic N) is 1. The normalized spacial score (nSPS) is 12.9. The molecule has 0 bridgehead atoms. The van der Waals surface area contributed by atoms with Gasteiger partial charge < -0.3 is 10.1 Å². The molecule has 0 unspecified atom stereocenters. The standard InChI is InChI=1S/C16H18N2O/c1-2-7-19-15-9-14(10-17-11-15)12-3-4-16-13(8-12)5-6-18-16/h3-4,8-11,18H,2,5-7H2,1H3. The van der Waals surface area contributed by atoms with Gasteiger partial charge in [-0.3, -0.25) is 4.98 Å². The van der Waals surface area contributed by atoms with Crippen molar-refractivity contribution in [2.75, 3.05) is 18.5 Å². The molecule has 0 radical (unpaired) electrons. The molecule has 0 saturated heterocycles. The summed E-state index contributed by atoms with van der Waals surface area (Å²) in [7, 11) is 0. The monoisotopic (exact) mass is 254 g/mol. The zero-order chi connectivity index (χ0) is 13.1. The molecule has 2 aromatic rings. The van der Waals surface area contributed by atoms with Crippen molar-refractivity contribution in [1.29, 1.82) is 0 Å². The number of pyridine rings is 1. The number of hydrogen-bond acceptors (Lipinski definition) is 3. The Morgan fingerprint density at radius 1 is 1.21 bits per heavy atom. The minimum absolute atomic E-state index is 0.735. The molecule has 3 rings (SSSR count). The zero-order valence-corrected chi connectivity index (χ0v) is 11.1. The van der Waals surface area contributed by atoms with Gasteiger partial charge in [0.05, 0.1) is 12.8 Å². The first kappa shape index (κ1) is 12.0. The van der Waals surface area contributed by atoms with Crippen molar-refractivity contribution in [2.45, 2.75) is 19.8 Å². The fraction of sp³-hybridized carbons (Fsp3) is 0.312. The Morgan fingerprint density at radius 3 is 3.05 bits per heavy atom. The predicted molar refractivity (Wildman–Crippen MR) is 77.7 cm³/mol. The lowest BCUT2D eigenvalue weighted by Crippen LogP contribution is -1.95. The Morgan fingerprint density at radius 2 is 2.16 bits per heavy atom. The van der Waals surface area contributed by atoms with Crippen LogP contribution in [0.4, 0.5) is 5.69 Å². The quantitative estimate of drug-likeness (QED) is 0.906. The molecular formula is C16H18N2O. The lowest BCUT2D eigenvalue weighted by Gasteiger charge is -2.08. The first-order chi connectivity index (χ1) is 9.36. The molecule has 2 heterocycles. The van der Waals surface area contributed by atoms with Gasteiger partial charge in [0.25, 0.3) is 0 Å². The van der Waals surface area contributed by atoms with E-state index < -0.39 is 0 Å². The molecule has 98 valence electrons. The van der Waals surface area contributed by atoms with E-state index in [0.717, 1.165) is 37.3 Å². The number of aromatic nitrogens is 1. The highest BCUT2D eigenvalue weighted by Crippen LogP contribution is 2.29. The summed E-state index contributed by atoms with van der Waals surface area (Å²) < 4.78 is 5.64. The Kier molecular flexibility index (Phi) is 3.36. The number of nitrogens with one attached hydrogen (secondary N) is 1. The summed E-state index contributed by atoms with van der Waals surface area (Å²) in [4.78, 5) is 4.27. The average molecular weight is 254 g/mol. The van der Waals surface area contributed by atoms with Crippen LogP contribution in [0.2, 0.25) is 0 Å². The highest BCUT2D eigenvalue weighted by Gasteiger charge is 2.11. The Labute approximate surface area is 113 Å². The molecule has 1 N–H and O–H groups in total. The van der Waals surface area contributed by atoms with Gasteiger partial charge in [0.1, 0.15) is 5.75 Å². The first-order valence-electron chi connectivity index (χ1n) is 6.82. The lowest BCUT2D eigenvalue weighted by atomic mass is 10.0. The van der Waals surface area contributed by atoms with E-state index in [1.165, 1.54) is 16.8 Å². The van der Waals surface area contributed by atoms with Crippen molar-refractivity contribution in [3.63, 3.8) is 0 Å². The molecule has 3 nitrogen and oxygen atoms in total. The van der Waals surface area contributed by atoms with E-state index in [4.69, 9.17) is 4.74 Å². The molecule has 0 saturated carbocycles. The van der Waals surface area contributed by atoms with E-state index in [1.807, 2.05) is 6.20 Å². The number of fused-ring (bicyclic) bond motifs is 1. The van der Waals surface area contributed by atoms with Crippen molar-refractivity contribution < 1.29 is 4.74 Å². The smallest absolute Gasteiger partial charge is 0.138 e. The minimum atomic E-state index is 0.735. The second-order valence-electron chi connectivity index (χ2n) is 4.81. The second-order valence-corrected chi connectivity index (χ2v) is 4.81. The second kappa shape index (κ2) is 5.31. The molecule has 0 aliphatic carbocycles. The summed E-state index contributed by atoms with van der Waals surface area (Å²) >= 11 is 0. The van der Waals surface area contributed by atoms with Crippen LogP contribution in [0.3, 0.4) is 0 Å². The van der Waals surface area contributed by atoms with E-state index in [9.17, 15) is 0 Å². The van der Waals surface area contributed by atoms with Crippen LogP contribution in [0, 0.1) is 0 Å². The fourth-order valence-electron chi connectivity index (χ4n) is 2.36. The third-order valence-electron chi connectivity index (χ3n) is 3.33. The van der Waals surface area contributed by atoms with E-state index in [-0.39, 0.29) is 0 Å². The van der Waals surface area contributed by atoms with Crippen LogP contribution in [0.25, 0.3) is 11.1 Å². The maximum Gasteiger partial charge on any atom is 0.138 e. The summed E-state index contributed by atoms with van der Waals surface area (Å²) in [5.74, 6) is 0.845. The molecule has 1 aliphatic heterocycles. The van der Waals surface area contributed by atoms with Crippen LogP contribution in [0.15, 0.2) is 36.7 Å². The summed E-state index contributed by atoms with van der Waals surface area (Å²) in [6.07, 6.45) is 5.77. The van der Waals surface area contributed by atoms with Crippen LogP contribution >= 0.6 is 0 Å². The van der Waals surface area contributed by atoms with Crippen molar-refractivity contribution in [3.05, 3.63) is 42.2 Å². The summed E-state index contributed by atoms with van der Waals surface area (Å²) in [5.41, 5.74) is 4.97. The molecular weight excluding hydrogens is 236 g/mol. The van der Waals surface area contributed by atoms with Crippen molar-refractivity contribution >= 4 is 5.69 Å². The van der Waals surface area contributed by atoms with Gasteiger partial charge in [0.2, 0.25) is 0 Å². The fourth-order valence-corrected chi connectivity index (χ4v) is 2.36. The molecule has 19 heavy (non-hydrogen) atoms. The van der Waals surface area contributed by atoms with E-state index >= 15 is 0 Å². The molecule has 0 spiro atoms. The maximum absolute atomic E-state index is 5.64. The van der Waals surface area contributed by atoms with E-state index in [2.05, 4.69) is 41.5 Å². The summed E-state index contributed by atoms with van der Waals surface area (Å²) in [5, 5.41) is 3.38. The Bertz CT molecular complexity index is 581. The van der Waals surface area contributed by atoms with Crippen LogP contribution in [0.1, 0.15) is 18.9 Å². The molecule has 1 aliphatic rings. The van der Waals surface area contributed by atoms with Crippen molar-refractivity contribution in [3.8, 4) is 16.9 Å². The van der Waals surface area contributed by atoms with Gasteiger partial charge in [-0.2, -0.15) is 0 Å². The predicted octanol–water partition coefficient (Wildman–Crippen LogP) is 3.51. The number of rotatable bonds is 4. The van der Waals surface area contributed by atoms with Crippen molar-refractivity contribution in [2.24, 2.45) is 0 Å². The van der Waals surface area contributed by atoms with Gasteiger partial charge in [0.15, 0.2) is 0 Å². The number of ether oxygens (including phenoxy) is 1. The number of anilines is 1. The Hall–Kier alpha value is -2.03. The lowest BCUT2D eigenvalue weighted by molar-refractivity contribution is 0.316. The zero-order valence-electron chi connectivity index (χ0n) is 11.1. The SMILES string of the molecule is CCCOc1cncc(-c2ccc3c(c2)CCN3)c1. The number of hydrogen-bond donors (Lipinski definition) is 1. The van der Waals surface area contributed by atoms with Crippen LogP contribution in [-0.2, 0) is 6.42 Å². The van der Waals surface area contributed by atoms with Crippen LogP contribution in [-0.4, -0.2) is 18.1 Å². The van der Waals surface area contributed by atoms with E-state index in [1.54, 1.807) is 6.20 Å². The molecule has 1 aromatic heterocycles. The van der Waals surface area contributed by atoms with Gasteiger partial charge in [-0.25, -0.2) is 0 Å². The minimum Gasteiger partial charge on any atom is -0.492 e.